The summed E-state index contributed by atoms with van der Waals surface area (Å²) in [5.74, 6) is -1.01. The van der Waals surface area contributed by atoms with Crippen LogP contribution in [-0.2, 0) is 7.05 Å². The zero-order chi connectivity index (χ0) is 24.0. The van der Waals surface area contributed by atoms with E-state index in [9.17, 15) is 14.7 Å². The van der Waals surface area contributed by atoms with E-state index in [0.717, 1.165) is 22.3 Å². The predicted molar refractivity (Wildman–Crippen MR) is 132 cm³/mol. The summed E-state index contributed by atoms with van der Waals surface area (Å²) in [6, 6.07) is 15.8. The Morgan fingerprint density at radius 3 is 2.62 bits per heavy atom. The highest BCUT2D eigenvalue weighted by Gasteiger charge is 2.19. The molecular formula is C27H23N3O4. The maximum Gasteiger partial charge on any atom is 0.337 e. The first-order valence-electron chi connectivity index (χ1n) is 10.9. The molecule has 2 aromatic heterocycles. The summed E-state index contributed by atoms with van der Waals surface area (Å²) in [4.78, 5) is 25.0. The molecule has 1 unspecified atom stereocenters. The molecule has 2 N–H and O–H groups in total. The molecule has 0 fully saturated rings. The van der Waals surface area contributed by atoms with E-state index in [1.807, 2.05) is 51.4 Å². The maximum atomic E-state index is 13.4. The Morgan fingerprint density at radius 2 is 1.88 bits per heavy atom. The van der Waals surface area contributed by atoms with Gasteiger partial charge in [0.05, 0.1) is 28.6 Å². The number of nitrogens with zero attached hydrogens (tertiary/aromatic N) is 2. The molecule has 0 saturated carbocycles. The molecule has 0 bridgehead atoms. The molecule has 0 spiro atoms. The van der Waals surface area contributed by atoms with Gasteiger partial charge < -0.3 is 14.8 Å². The number of nitrogens with one attached hydrogen (secondary N) is 1. The first-order valence-corrected chi connectivity index (χ1v) is 10.9. The molecule has 0 aliphatic rings. The fraction of sp³-hybridized carbons (Fsp3) is 0.148. The first-order chi connectivity index (χ1) is 16.3. The van der Waals surface area contributed by atoms with E-state index in [1.165, 1.54) is 0 Å². The Labute approximate surface area is 195 Å². The number of carboxylic acid groups (broad SMARTS) is 1. The average molecular weight is 453 g/mol. The van der Waals surface area contributed by atoms with Gasteiger partial charge in [-0.1, -0.05) is 24.3 Å². The van der Waals surface area contributed by atoms with Gasteiger partial charge in [-0.3, -0.25) is 9.48 Å². The highest BCUT2D eigenvalue weighted by Crippen LogP contribution is 2.32. The lowest BCUT2D eigenvalue weighted by Gasteiger charge is -2.19. The standard InChI is InChI=1S/C27H23N3O4/c1-15-10-21(16(2)29-23-7-5-4-6-19(23)27(32)33)26-22(11-15)25(31)20-9-8-17(12-24(20)34-26)18-13-28-30(3)14-18/h4-14,16,29H,1-3H3,(H,32,33). The largest absolute Gasteiger partial charge is 0.478 e. The van der Waals surface area contributed by atoms with E-state index in [0.29, 0.717) is 27.6 Å². The fourth-order valence-corrected chi connectivity index (χ4v) is 4.31. The Morgan fingerprint density at radius 1 is 1.09 bits per heavy atom. The quantitative estimate of drug-likeness (QED) is 0.340. The second kappa shape index (κ2) is 8.19. The number of hydrogen-bond acceptors (Lipinski definition) is 5. The van der Waals surface area contributed by atoms with Crippen molar-refractivity contribution in [3.8, 4) is 11.1 Å². The predicted octanol–water partition coefficient (Wildman–Crippen LogP) is 5.53. The molecule has 170 valence electrons. The molecule has 0 aliphatic carbocycles. The van der Waals surface area contributed by atoms with Crippen LogP contribution in [-0.4, -0.2) is 20.9 Å². The Hall–Kier alpha value is -4.39. The zero-order valence-corrected chi connectivity index (χ0v) is 19.0. The van der Waals surface area contributed by atoms with Crippen LogP contribution in [0.3, 0.4) is 0 Å². The Kier molecular flexibility index (Phi) is 5.17. The first kappa shape index (κ1) is 21.5. The van der Waals surface area contributed by atoms with Crippen LogP contribution in [0.5, 0.6) is 0 Å². The van der Waals surface area contributed by atoms with Gasteiger partial charge >= 0.3 is 5.97 Å². The molecule has 0 radical (unpaired) electrons. The van der Waals surface area contributed by atoms with Crippen LogP contribution in [0.2, 0.25) is 0 Å². The van der Waals surface area contributed by atoms with Crippen LogP contribution in [0.25, 0.3) is 33.1 Å². The summed E-state index contributed by atoms with van der Waals surface area (Å²) in [6.45, 7) is 3.85. The zero-order valence-electron chi connectivity index (χ0n) is 19.0. The number of aryl methyl sites for hydroxylation is 2. The number of benzene rings is 3. The van der Waals surface area contributed by atoms with E-state index in [4.69, 9.17) is 4.42 Å². The number of hydrogen-bond donors (Lipinski definition) is 2. The molecule has 5 aromatic rings. The van der Waals surface area contributed by atoms with Crippen molar-refractivity contribution in [2.75, 3.05) is 5.32 Å². The topological polar surface area (TPSA) is 97.4 Å². The van der Waals surface area contributed by atoms with Gasteiger partial charge in [0, 0.05) is 30.1 Å². The van der Waals surface area contributed by atoms with Gasteiger partial charge in [-0.15, -0.1) is 0 Å². The number of aromatic nitrogens is 2. The van der Waals surface area contributed by atoms with Gasteiger partial charge in [-0.2, -0.15) is 5.10 Å². The molecule has 2 heterocycles. The van der Waals surface area contributed by atoms with Crippen molar-refractivity contribution >= 4 is 33.6 Å². The van der Waals surface area contributed by atoms with Gasteiger partial charge in [0.2, 0.25) is 5.43 Å². The SMILES string of the molecule is Cc1cc(C(C)Nc2ccccc2C(=O)O)c2oc3cc(-c4cnn(C)c4)ccc3c(=O)c2c1. The number of anilines is 1. The van der Waals surface area contributed by atoms with Crippen molar-refractivity contribution in [1.82, 2.24) is 9.78 Å². The third-order valence-electron chi connectivity index (χ3n) is 5.98. The average Bonchev–Trinajstić information content (AvgIpc) is 3.25. The van der Waals surface area contributed by atoms with Gasteiger partial charge in [0.25, 0.3) is 0 Å². The van der Waals surface area contributed by atoms with Gasteiger partial charge in [-0.05, 0) is 55.3 Å². The number of carbonyl (C=O) groups is 1. The summed E-state index contributed by atoms with van der Waals surface area (Å²) in [7, 11) is 1.85. The van der Waals surface area contributed by atoms with Crippen LogP contribution in [0.4, 0.5) is 5.69 Å². The molecule has 5 rings (SSSR count). The van der Waals surface area contributed by atoms with Crippen molar-refractivity contribution in [2.24, 2.45) is 7.05 Å². The maximum absolute atomic E-state index is 13.4. The molecule has 0 saturated heterocycles. The Balaban J connectivity index is 1.67. The van der Waals surface area contributed by atoms with Crippen molar-refractivity contribution in [2.45, 2.75) is 19.9 Å². The summed E-state index contributed by atoms with van der Waals surface area (Å²) in [5, 5.41) is 18.0. The lowest BCUT2D eigenvalue weighted by atomic mass is 9.99. The highest BCUT2D eigenvalue weighted by atomic mass is 16.4. The van der Waals surface area contributed by atoms with Gasteiger partial charge in [0.1, 0.15) is 11.2 Å². The smallest absolute Gasteiger partial charge is 0.337 e. The van der Waals surface area contributed by atoms with Crippen LogP contribution < -0.4 is 10.7 Å². The normalized spacial score (nSPS) is 12.2. The molecule has 0 aliphatic heterocycles. The number of rotatable bonds is 5. The van der Waals surface area contributed by atoms with Crippen molar-refractivity contribution in [3.63, 3.8) is 0 Å². The van der Waals surface area contributed by atoms with E-state index >= 15 is 0 Å². The summed E-state index contributed by atoms with van der Waals surface area (Å²) in [6.07, 6.45) is 3.67. The highest BCUT2D eigenvalue weighted by molar-refractivity contribution is 5.95. The third kappa shape index (κ3) is 3.71. The third-order valence-corrected chi connectivity index (χ3v) is 5.98. The van der Waals surface area contributed by atoms with E-state index < -0.39 is 5.97 Å². The lowest BCUT2D eigenvalue weighted by Crippen LogP contribution is -2.12. The minimum Gasteiger partial charge on any atom is -0.478 e. The number of carboxylic acids is 1. The molecular weight excluding hydrogens is 430 g/mol. The van der Waals surface area contributed by atoms with Crippen molar-refractivity contribution in [1.29, 1.82) is 0 Å². The molecule has 7 heteroatoms. The molecule has 3 aromatic carbocycles. The van der Waals surface area contributed by atoms with Crippen molar-refractivity contribution < 1.29 is 14.3 Å². The van der Waals surface area contributed by atoms with Crippen LogP contribution in [0.15, 0.2) is 76.2 Å². The van der Waals surface area contributed by atoms with E-state index in [1.54, 1.807) is 41.2 Å². The minimum absolute atomic E-state index is 0.0999. The van der Waals surface area contributed by atoms with E-state index in [2.05, 4.69) is 10.4 Å². The summed E-state index contributed by atoms with van der Waals surface area (Å²) >= 11 is 0. The van der Waals surface area contributed by atoms with Crippen molar-refractivity contribution in [3.05, 3.63) is 93.9 Å². The van der Waals surface area contributed by atoms with Gasteiger partial charge in [-0.25, -0.2) is 4.79 Å². The number of fused-ring (bicyclic) bond motifs is 2. The Bertz CT molecular complexity index is 1630. The number of aromatic carboxylic acids is 1. The summed E-state index contributed by atoms with van der Waals surface area (Å²) < 4.78 is 8.06. The van der Waals surface area contributed by atoms with Gasteiger partial charge in [0.15, 0.2) is 0 Å². The van der Waals surface area contributed by atoms with E-state index in [-0.39, 0.29) is 17.0 Å². The monoisotopic (exact) mass is 453 g/mol. The van der Waals surface area contributed by atoms with Crippen LogP contribution in [0, 0.1) is 6.92 Å². The minimum atomic E-state index is -1.01. The lowest BCUT2D eigenvalue weighted by molar-refractivity contribution is 0.0698. The summed E-state index contributed by atoms with van der Waals surface area (Å²) in [5.41, 5.74) is 5.08. The van der Waals surface area contributed by atoms with Crippen LogP contribution >= 0.6 is 0 Å². The van der Waals surface area contributed by atoms with Crippen LogP contribution in [0.1, 0.15) is 34.5 Å². The molecule has 0 amide bonds. The second-order valence-electron chi connectivity index (χ2n) is 8.49. The molecule has 1 atom stereocenters. The number of para-hydroxylation sites is 1. The molecule has 34 heavy (non-hydrogen) atoms. The molecule has 7 nitrogen and oxygen atoms in total. The fourth-order valence-electron chi connectivity index (χ4n) is 4.31. The second-order valence-corrected chi connectivity index (χ2v) is 8.49.